The van der Waals surface area contributed by atoms with Gasteiger partial charge in [-0.05, 0) is 24.0 Å². The van der Waals surface area contributed by atoms with Gasteiger partial charge in [0.1, 0.15) is 5.56 Å². The molecule has 6 nitrogen and oxygen atoms in total. The number of nitrogens with one attached hydrogen (secondary N) is 2. The molecule has 2 N–H and O–H groups in total. The van der Waals surface area contributed by atoms with Gasteiger partial charge in [0, 0.05) is 19.3 Å². The van der Waals surface area contributed by atoms with Crippen LogP contribution in [0.3, 0.4) is 0 Å². The molecule has 3 rings (SSSR count). The lowest BCUT2D eigenvalue weighted by Gasteiger charge is -2.12. The maximum atomic E-state index is 12.6. The van der Waals surface area contributed by atoms with Crippen LogP contribution in [0.4, 0.5) is 0 Å². The Balaban J connectivity index is 1.97. The molecule has 1 heterocycles. The van der Waals surface area contributed by atoms with Gasteiger partial charge in [0.15, 0.2) is 0 Å². The standard InChI is InChI=1S/C19H21N3O3/c1-12-8-16(12)21-17(23)14-9-15(18(24)20-2)19(25)22(11-14)10-13-6-4-3-5-7-13/h3-7,9,11-12,16H,8,10H2,1-2H3,(H,20,24)(H,21,23)/t12-,16+/m0/s1. The Morgan fingerprint density at radius 2 is 1.88 bits per heavy atom. The molecular formula is C19H21N3O3. The number of nitrogens with zero attached hydrogens (tertiary/aromatic N) is 1. The van der Waals surface area contributed by atoms with E-state index in [-0.39, 0.29) is 17.5 Å². The van der Waals surface area contributed by atoms with Gasteiger partial charge in [-0.15, -0.1) is 0 Å². The normalized spacial score (nSPS) is 18.5. The van der Waals surface area contributed by atoms with E-state index >= 15 is 0 Å². The summed E-state index contributed by atoms with van der Waals surface area (Å²) in [6, 6.07) is 11.0. The minimum absolute atomic E-state index is 0.0325. The Kier molecular flexibility index (Phi) is 4.70. The zero-order valence-corrected chi connectivity index (χ0v) is 14.3. The van der Waals surface area contributed by atoms with Crippen molar-refractivity contribution in [1.82, 2.24) is 15.2 Å². The van der Waals surface area contributed by atoms with Crippen LogP contribution < -0.4 is 16.2 Å². The Morgan fingerprint density at radius 3 is 2.48 bits per heavy atom. The smallest absolute Gasteiger partial charge is 0.263 e. The zero-order valence-electron chi connectivity index (χ0n) is 14.3. The van der Waals surface area contributed by atoms with Crippen LogP contribution in [-0.4, -0.2) is 29.5 Å². The van der Waals surface area contributed by atoms with Crippen molar-refractivity contribution in [2.24, 2.45) is 5.92 Å². The number of hydrogen-bond donors (Lipinski definition) is 2. The van der Waals surface area contributed by atoms with Gasteiger partial charge in [-0.2, -0.15) is 0 Å². The fourth-order valence-electron chi connectivity index (χ4n) is 2.73. The van der Waals surface area contributed by atoms with E-state index in [9.17, 15) is 14.4 Å². The second kappa shape index (κ2) is 6.93. The average molecular weight is 339 g/mol. The van der Waals surface area contributed by atoms with E-state index in [1.54, 1.807) is 0 Å². The first-order chi connectivity index (χ1) is 12.0. The van der Waals surface area contributed by atoms with Gasteiger partial charge in [-0.1, -0.05) is 37.3 Å². The van der Waals surface area contributed by atoms with Crippen molar-refractivity contribution in [3.05, 3.63) is 69.6 Å². The Hall–Kier alpha value is -2.89. The van der Waals surface area contributed by atoms with Crippen molar-refractivity contribution in [2.75, 3.05) is 7.05 Å². The van der Waals surface area contributed by atoms with Gasteiger partial charge in [0.05, 0.1) is 12.1 Å². The number of benzene rings is 1. The summed E-state index contributed by atoms with van der Waals surface area (Å²) < 4.78 is 1.41. The van der Waals surface area contributed by atoms with Crippen LogP contribution in [0, 0.1) is 5.92 Å². The summed E-state index contributed by atoms with van der Waals surface area (Å²) in [5.74, 6) is -0.292. The van der Waals surface area contributed by atoms with E-state index < -0.39 is 11.5 Å². The minimum atomic E-state index is -0.499. The van der Waals surface area contributed by atoms with Crippen LogP contribution >= 0.6 is 0 Å². The Morgan fingerprint density at radius 1 is 1.20 bits per heavy atom. The molecule has 2 atom stereocenters. The molecule has 130 valence electrons. The van der Waals surface area contributed by atoms with Gasteiger partial charge in [-0.3, -0.25) is 14.4 Å². The predicted octanol–water partition coefficient (Wildman–Crippen LogP) is 1.39. The molecule has 2 aromatic rings. The van der Waals surface area contributed by atoms with Crippen LogP contribution in [0.1, 0.15) is 39.6 Å². The van der Waals surface area contributed by atoms with Crippen LogP contribution in [0.15, 0.2) is 47.4 Å². The minimum Gasteiger partial charge on any atom is -0.355 e. The summed E-state index contributed by atoms with van der Waals surface area (Å²) in [4.78, 5) is 37.1. The summed E-state index contributed by atoms with van der Waals surface area (Å²) in [5, 5.41) is 5.38. The lowest BCUT2D eigenvalue weighted by molar-refractivity contribution is 0.0948. The molecule has 0 spiro atoms. The first-order valence-electron chi connectivity index (χ1n) is 8.31. The topological polar surface area (TPSA) is 80.2 Å². The molecule has 1 fully saturated rings. The quantitative estimate of drug-likeness (QED) is 0.864. The number of pyridine rings is 1. The van der Waals surface area contributed by atoms with Crippen molar-refractivity contribution in [3.63, 3.8) is 0 Å². The largest absolute Gasteiger partial charge is 0.355 e. The molecule has 2 amide bonds. The SMILES string of the molecule is CNC(=O)c1cc(C(=O)N[C@@H]2C[C@@H]2C)cn(Cc2ccccc2)c1=O. The molecule has 1 aromatic carbocycles. The Labute approximate surface area is 145 Å². The zero-order chi connectivity index (χ0) is 18.0. The number of carbonyl (C=O) groups excluding carboxylic acids is 2. The van der Waals surface area contributed by atoms with Crippen molar-refractivity contribution in [1.29, 1.82) is 0 Å². The number of amides is 2. The number of aromatic nitrogens is 1. The first kappa shape index (κ1) is 17.0. The monoisotopic (exact) mass is 339 g/mol. The van der Waals surface area contributed by atoms with Crippen molar-refractivity contribution >= 4 is 11.8 Å². The summed E-state index contributed by atoms with van der Waals surface area (Å²) in [5.41, 5.74) is 0.781. The van der Waals surface area contributed by atoms with Gasteiger partial charge < -0.3 is 15.2 Å². The lowest BCUT2D eigenvalue weighted by Crippen LogP contribution is -2.34. The van der Waals surface area contributed by atoms with Crippen LogP contribution in [0.2, 0.25) is 0 Å². The molecule has 0 unspecified atom stereocenters. The van der Waals surface area contributed by atoms with Gasteiger partial charge in [0.25, 0.3) is 17.4 Å². The third kappa shape index (κ3) is 3.79. The maximum absolute atomic E-state index is 12.6. The molecule has 25 heavy (non-hydrogen) atoms. The summed E-state index contributed by atoms with van der Waals surface area (Å²) in [6.07, 6.45) is 2.47. The average Bonchev–Trinajstić information content (AvgIpc) is 3.31. The number of hydrogen-bond acceptors (Lipinski definition) is 3. The van der Waals surface area contributed by atoms with Crippen LogP contribution in [0.25, 0.3) is 0 Å². The van der Waals surface area contributed by atoms with Gasteiger partial charge in [-0.25, -0.2) is 0 Å². The molecule has 0 radical (unpaired) electrons. The summed E-state index contributed by atoms with van der Waals surface area (Å²) in [6.45, 7) is 2.36. The third-order valence-electron chi connectivity index (χ3n) is 4.44. The Bertz CT molecular complexity index is 858. The molecule has 1 aliphatic carbocycles. The molecule has 6 heteroatoms. The molecule has 1 aliphatic rings. The van der Waals surface area contributed by atoms with E-state index in [2.05, 4.69) is 17.6 Å². The number of carbonyl (C=O) groups is 2. The van der Waals surface area contributed by atoms with Gasteiger partial charge >= 0.3 is 0 Å². The second-order valence-corrected chi connectivity index (χ2v) is 6.43. The highest BCUT2D eigenvalue weighted by Crippen LogP contribution is 2.29. The van der Waals surface area contributed by atoms with Crippen LogP contribution in [-0.2, 0) is 6.54 Å². The van der Waals surface area contributed by atoms with Crippen molar-refractivity contribution < 1.29 is 9.59 Å². The molecule has 0 saturated heterocycles. The van der Waals surface area contributed by atoms with Crippen LogP contribution in [0.5, 0.6) is 0 Å². The van der Waals surface area contributed by atoms with E-state index in [1.165, 1.54) is 23.9 Å². The predicted molar refractivity (Wildman–Crippen MR) is 94.7 cm³/mol. The highest BCUT2D eigenvalue weighted by atomic mass is 16.2. The molecule has 0 aliphatic heterocycles. The first-order valence-corrected chi connectivity index (χ1v) is 8.31. The number of rotatable bonds is 5. The summed E-state index contributed by atoms with van der Waals surface area (Å²) in [7, 11) is 1.46. The van der Waals surface area contributed by atoms with Crippen molar-refractivity contribution in [2.45, 2.75) is 25.9 Å². The van der Waals surface area contributed by atoms with Gasteiger partial charge in [0.2, 0.25) is 0 Å². The molecule has 1 aromatic heterocycles. The summed E-state index contributed by atoms with van der Waals surface area (Å²) >= 11 is 0. The lowest BCUT2D eigenvalue weighted by atomic mass is 10.1. The fraction of sp³-hybridized carbons (Fsp3) is 0.316. The highest BCUT2D eigenvalue weighted by molar-refractivity contribution is 5.99. The van der Waals surface area contributed by atoms with E-state index in [0.717, 1.165) is 12.0 Å². The second-order valence-electron chi connectivity index (χ2n) is 6.43. The van der Waals surface area contributed by atoms with E-state index in [4.69, 9.17) is 0 Å². The fourth-order valence-corrected chi connectivity index (χ4v) is 2.73. The molecule has 0 bridgehead atoms. The third-order valence-corrected chi connectivity index (χ3v) is 4.44. The molecule has 1 saturated carbocycles. The van der Waals surface area contributed by atoms with Crippen molar-refractivity contribution in [3.8, 4) is 0 Å². The van der Waals surface area contributed by atoms with E-state index in [1.807, 2.05) is 30.3 Å². The van der Waals surface area contributed by atoms with E-state index in [0.29, 0.717) is 18.0 Å². The molecular weight excluding hydrogens is 318 g/mol. The highest BCUT2D eigenvalue weighted by Gasteiger charge is 2.34. The maximum Gasteiger partial charge on any atom is 0.263 e.